The van der Waals surface area contributed by atoms with E-state index in [9.17, 15) is 18.0 Å². The van der Waals surface area contributed by atoms with Gasteiger partial charge in [0.15, 0.2) is 0 Å². The Morgan fingerprint density at radius 2 is 1.70 bits per heavy atom. The molecule has 1 aromatic heterocycles. The zero-order valence-corrected chi connectivity index (χ0v) is 17.0. The molecule has 8 heteroatoms. The predicted molar refractivity (Wildman–Crippen MR) is 116 cm³/mol. The lowest BCUT2D eigenvalue weighted by atomic mass is 10.1. The van der Waals surface area contributed by atoms with E-state index in [1.165, 1.54) is 10.4 Å². The van der Waals surface area contributed by atoms with Crippen molar-refractivity contribution in [2.24, 2.45) is 0 Å². The van der Waals surface area contributed by atoms with Gasteiger partial charge in [-0.25, -0.2) is 8.42 Å². The SMILES string of the molecule is O=C(Nc1ccc(Cn2ccccc2=O)cc1)c1ccc(N2CCCS2(=O)=O)cc1. The third-order valence-electron chi connectivity index (χ3n) is 4.98. The molecule has 7 nitrogen and oxygen atoms in total. The maximum Gasteiger partial charge on any atom is 0.255 e. The summed E-state index contributed by atoms with van der Waals surface area (Å²) >= 11 is 0. The standard InChI is InChI=1S/C22H21N3O4S/c26-21-4-1-2-13-24(21)16-17-5-9-19(10-6-17)23-22(27)18-7-11-20(12-8-18)25-14-3-15-30(25,28)29/h1-2,4-13H,3,14-16H2,(H,23,27). The van der Waals surface area contributed by atoms with E-state index in [2.05, 4.69) is 5.32 Å². The van der Waals surface area contributed by atoms with Gasteiger partial charge >= 0.3 is 0 Å². The summed E-state index contributed by atoms with van der Waals surface area (Å²) in [4.78, 5) is 24.3. The number of sulfonamides is 1. The Bertz CT molecular complexity index is 1220. The zero-order chi connectivity index (χ0) is 21.1. The molecule has 1 amide bonds. The molecule has 2 aromatic carbocycles. The Labute approximate surface area is 174 Å². The molecule has 0 unspecified atom stereocenters. The van der Waals surface area contributed by atoms with Gasteiger partial charge in [0.2, 0.25) is 10.0 Å². The minimum Gasteiger partial charge on any atom is -0.322 e. The number of benzene rings is 2. The highest BCUT2D eigenvalue weighted by molar-refractivity contribution is 7.93. The molecular formula is C22H21N3O4S. The summed E-state index contributed by atoms with van der Waals surface area (Å²) in [5, 5.41) is 2.83. The molecule has 1 N–H and O–H groups in total. The number of amides is 1. The normalized spacial score (nSPS) is 15.1. The van der Waals surface area contributed by atoms with E-state index in [-0.39, 0.29) is 17.2 Å². The highest BCUT2D eigenvalue weighted by Crippen LogP contribution is 2.24. The fourth-order valence-electron chi connectivity index (χ4n) is 3.39. The number of pyridine rings is 1. The van der Waals surface area contributed by atoms with Crippen molar-refractivity contribution in [3.05, 3.63) is 94.4 Å². The third-order valence-corrected chi connectivity index (χ3v) is 6.85. The van der Waals surface area contributed by atoms with Crippen LogP contribution in [0, 0.1) is 0 Å². The molecule has 1 aliphatic rings. The van der Waals surface area contributed by atoms with E-state index in [1.54, 1.807) is 59.3 Å². The summed E-state index contributed by atoms with van der Waals surface area (Å²) < 4.78 is 27.0. The highest BCUT2D eigenvalue weighted by Gasteiger charge is 2.28. The molecule has 0 saturated carbocycles. The van der Waals surface area contributed by atoms with Crippen LogP contribution in [-0.4, -0.2) is 31.2 Å². The van der Waals surface area contributed by atoms with Crippen LogP contribution in [0.1, 0.15) is 22.3 Å². The smallest absolute Gasteiger partial charge is 0.255 e. The van der Waals surface area contributed by atoms with E-state index >= 15 is 0 Å². The molecule has 154 valence electrons. The topological polar surface area (TPSA) is 88.5 Å². The van der Waals surface area contributed by atoms with E-state index < -0.39 is 10.0 Å². The molecule has 0 aliphatic carbocycles. The minimum absolute atomic E-state index is 0.0694. The lowest BCUT2D eigenvalue weighted by Gasteiger charge is -2.17. The molecule has 2 heterocycles. The number of carbonyl (C=O) groups is 1. The second kappa shape index (κ2) is 8.16. The lowest BCUT2D eigenvalue weighted by Crippen LogP contribution is -2.25. The van der Waals surface area contributed by atoms with Crippen molar-refractivity contribution < 1.29 is 13.2 Å². The van der Waals surface area contributed by atoms with Gasteiger partial charge in [0.05, 0.1) is 18.0 Å². The molecule has 3 aromatic rings. The molecule has 0 spiro atoms. The first-order chi connectivity index (χ1) is 14.4. The van der Waals surface area contributed by atoms with Gasteiger partial charge in [0, 0.05) is 30.1 Å². The van der Waals surface area contributed by atoms with Crippen molar-refractivity contribution in [2.75, 3.05) is 21.9 Å². The van der Waals surface area contributed by atoms with E-state index in [4.69, 9.17) is 0 Å². The molecule has 0 bridgehead atoms. The molecule has 30 heavy (non-hydrogen) atoms. The number of nitrogens with zero attached hydrogens (tertiary/aromatic N) is 2. The summed E-state index contributed by atoms with van der Waals surface area (Å²) in [5.74, 6) is -0.123. The van der Waals surface area contributed by atoms with Gasteiger partial charge in [0.1, 0.15) is 0 Å². The van der Waals surface area contributed by atoms with E-state index in [0.717, 1.165) is 5.56 Å². The summed E-state index contributed by atoms with van der Waals surface area (Å²) in [6.07, 6.45) is 2.34. The van der Waals surface area contributed by atoms with Crippen LogP contribution in [0.2, 0.25) is 0 Å². The molecular weight excluding hydrogens is 402 g/mol. The van der Waals surface area contributed by atoms with Crippen LogP contribution < -0.4 is 15.2 Å². The Hall–Kier alpha value is -3.39. The van der Waals surface area contributed by atoms with Crippen molar-refractivity contribution in [1.29, 1.82) is 0 Å². The van der Waals surface area contributed by atoms with Crippen LogP contribution in [0.5, 0.6) is 0 Å². The Kier molecular flexibility index (Phi) is 5.41. The summed E-state index contributed by atoms with van der Waals surface area (Å²) in [5.41, 5.74) is 2.52. The fourth-order valence-corrected chi connectivity index (χ4v) is 4.96. The Morgan fingerprint density at radius 3 is 2.33 bits per heavy atom. The van der Waals surface area contributed by atoms with Crippen LogP contribution in [0.3, 0.4) is 0 Å². The average molecular weight is 423 g/mol. The average Bonchev–Trinajstić information content (AvgIpc) is 3.10. The van der Waals surface area contributed by atoms with Gasteiger partial charge in [-0.3, -0.25) is 13.9 Å². The number of nitrogens with one attached hydrogen (secondary N) is 1. The minimum atomic E-state index is -3.24. The quantitative estimate of drug-likeness (QED) is 0.683. The van der Waals surface area contributed by atoms with Crippen molar-refractivity contribution in [3.8, 4) is 0 Å². The molecule has 1 fully saturated rings. The van der Waals surface area contributed by atoms with Crippen molar-refractivity contribution in [1.82, 2.24) is 4.57 Å². The van der Waals surface area contributed by atoms with E-state index in [1.807, 2.05) is 12.1 Å². The number of aromatic nitrogens is 1. The number of hydrogen-bond acceptors (Lipinski definition) is 4. The first-order valence-electron chi connectivity index (χ1n) is 9.59. The summed E-state index contributed by atoms with van der Waals surface area (Å²) in [6, 6.07) is 18.8. The molecule has 1 aliphatic heterocycles. The zero-order valence-electron chi connectivity index (χ0n) is 16.2. The van der Waals surface area contributed by atoms with Crippen LogP contribution in [0.15, 0.2) is 77.7 Å². The number of hydrogen-bond donors (Lipinski definition) is 1. The molecule has 1 saturated heterocycles. The summed E-state index contributed by atoms with van der Waals surface area (Å²) in [7, 11) is -3.24. The van der Waals surface area contributed by atoms with Crippen LogP contribution in [-0.2, 0) is 16.6 Å². The van der Waals surface area contributed by atoms with Gasteiger partial charge in [-0.1, -0.05) is 18.2 Å². The lowest BCUT2D eigenvalue weighted by molar-refractivity contribution is 0.102. The largest absolute Gasteiger partial charge is 0.322 e. The molecule has 0 radical (unpaired) electrons. The van der Waals surface area contributed by atoms with Gasteiger partial charge in [-0.15, -0.1) is 0 Å². The van der Waals surface area contributed by atoms with Crippen molar-refractivity contribution in [2.45, 2.75) is 13.0 Å². The van der Waals surface area contributed by atoms with Crippen LogP contribution in [0.25, 0.3) is 0 Å². The number of rotatable bonds is 5. The maximum atomic E-state index is 12.5. The predicted octanol–water partition coefficient (Wildman–Crippen LogP) is 2.69. The van der Waals surface area contributed by atoms with Crippen molar-refractivity contribution in [3.63, 3.8) is 0 Å². The van der Waals surface area contributed by atoms with Gasteiger partial charge in [0.25, 0.3) is 11.5 Å². The monoisotopic (exact) mass is 423 g/mol. The summed E-state index contributed by atoms with van der Waals surface area (Å²) in [6.45, 7) is 0.921. The number of anilines is 2. The van der Waals surface area contributed by atoms with Gasteiger partial charge in [-0.2, -0.15) is 0 Å². The second-order valence-electron chi connectivity index (χ2n) is 7.11. The highest BCUT2D eigenvalue weighted by atomic mass is 32.2. The maximum absolute atomic E-state index is 12.5. The fraction of sp³-hybridized carbons (Fsp3) is 0.182. The Balaban J connectivity index is 1.41. The van der Waals surface area contributed by atoms with Crippen LogP contribution in [0.4, 0.5) is 11.4 Å². The van der Waals surface area contributed by atoms with Gasteiger partial charge < -0.3 is 9.88 Å². The third kappa shape index (κ3) is 4.28. The number of carbonyl (C=O) groups excluding carboxylic acids is 1. The first-order valence-corrected chi connectivity index (χ1v) is 11.2. The van der Waals surface area contributed by atoms with Gasteiger partial charge in [-0.05, 0) is 54.4 Å². The van der Waals surface area contributed by atoms with E-state index in [0.29, 0.717) is 36.4 Å². The molecule has 0 atom stereocenters. The second-order valence-corrected chi connectivity index (χ2v) is 9.12. The van der Waals surface area contributed by atoms with Crippen LogP contribution >= 0.6 is 0 Å². The Morgan fingerprint density at radius 1 is 0.967 bits per heavy atom. The first kappa shape index (κ1) is 19.9. The van der Waals surface area contributed by atoms with Crippen molar-refractivity contribution >= 4 is 27.3 Å². The molecule has 4 rings (SSSR count).